The van der Waals surface area contributed by atoms with Crippen LogP contribution in [0.15, 0.2) is 30.6 Å². The van der Waals surface area contributed by atoms with Crippen LogP contribution in [0, 0.1) is 3.57 Å². The van der Waals surface area contributed by atoms with Crippen LogP contribution in [-0.2, 0) is 13.6 Å². The summed E-state index contributed by atoms with van der Waals surface area (Å²) in [5.74, 6) is 0.925. The zero-order valence-electron chi connectivity index (χ0n) is 8.31. The van der Waals surface area contributed by atoms with Crippen molar-refractivity contribution in [2.24, 2.45) is 7.05 Å². The van der Waals surface area contributed by atoms with Gasteiger partial charge in [-0.1, -0.05) is 6.07 Å². The Labute approximate surface area is 102 Å². The number of hydrogen-bond donors (Lipinski definition) is 1. The third-order valence-electron chi connectivity index (χ3n) is 2.08. The van der Waals surface area contributed by atoms with Gasteiger partial charge in [-0.15, -0.1) is 0 Å². The van der Waals surface area contributed by atoms with Gasteiger partial charge in [-0.25, -0.2) is 4.98 Å². The van der Waals surface area contributed by atoms with Crippen LogP contribution in [0.2, 0.25) is 0 Å². The SMILES string of the molecule is Cn1ncnc1CNc1cccc(I)c1. The first-order valence-corrected chi connectivity index (χ1v) is 5.66. The number of nitrogens with zero attached hydrogens (tertiary/aromatic N) is 3. The van der Waals surface area contributed by atoms with Crippen LogP contribution in [0.3, 0.4) is 0 Å². The summed E-state index contributed by atoms with van der Waals surface area (Å²) in [5.41, 5.74) is 1.10. The average Bonchev–Trinajstić information content (AvgIpc) is 2.61. The van der Waals surface area contributed by atoms with Gasteiger partial charge in [0.2, 0.25) is 0 Å². The quantitative estimate of drug-likeness (QED) is 0.882. The molecule has 0 aliphatic carbocycles. The van der Waals surface area contributed by atoms with Crippen LogP contribution in [0.1, 0.15) is 5.82 Å². The van der Waals surface area contributed by atoms with E-state index >= 15 is 0 Å². The van der Waals surface area contributed by atoms with Crippen LogP contribution >= 0.6 is 22.6 Å². The molecule has 1 N–H and O–H groups in total. The lowest BCUT2D eigenvalue weighted by atomic mass is 10.3. The Kier molecular flexibility index (Phi) is 3.20. The fourth-order valence-electron chi connectivity index (χ4n) is 1.26. The van der Waals surface area contributed by atoms with Gasteiger partial charge in [-0.05, 0) is 40.8 Å². The molecule has 0 atom stereocenters. The topological polar surface area (TPSA) is 42.7 Å². The maximum absolute atomic E-state index is 4.14. The monoisotopic (exact) mass is 314 g/mol. The fraction of sp³-hybridized carbons (Fsp3) is 0.200. The van der Waals surface area contributed by atoms with Crippen LogP contribution in [-0.4, -0.2) is 14.8 Å². The summed E-state index contributed by atoms with van der Waals surface area (Å²) in [6.45, 7) is 0.691. The van der Waals surface area contributed by atoms with Gasteiger partial charge in [0.15, 0.2) is 0 Å². The van der Waals surface area contributed by atoms with Crippen molar-refractivity contribution in [3.05, 3.63) is 40.0 Å². The Morgan fingerprint density at radius 1 is 1.47 bits per heavy atom. The maximum atomic E-state index is 4.14. The lowest BCUT2D eigenvalue weighted by Crippen LogP contribution is -2.06. The third kappa shape index (κ3) is 2.68. The van der Waals surface area contributed by atoms with Gasteiger partial charge in [0.05, 0.1) is 6.54 Å². The molecule has 0 radical (unpaired) electrons. The lowest BCUT2D eigenvalue weighted by molar-refractivity contribution is 0.712. The van der Waals surface area contributed by atoms with Crippen molar-refractivity contribution in [3.63, 3.8) is 0 Å². The van der Waals surface area contributed by atoms with Crippen molar-refractivity contribution in [2.45, 2.75) is 6.54 Å². The summed E-state index contributed by atoms with van der Waals surface area (Å²) in [7, 11) is 1.89. The second-order valence-corrected chi connectivity index (χ2v) is 4.41. The molecule has 0 saturated carbocycles. The molecule has 0 fully saturated rings. The molecule has 15 heavy (non-hydrogen) atoms. The Bertz CT molecular complexity index is 452. The summed E-state index contributed by atoms with van der Waals surface area (Å²) >= 11 is 2.29. The number of anilines is 1. The molecule has 78 valence electrons. The van der Waals surface area contributed by atoms with Crippen molar-refractivity contribution < 1.29 is 0 Å². The van der Waals surface area contributed by atoms with Gasteiger partial charge < -0.3 is 5.32 Å². The predicted octanol–water partition coefficient (Wildman–Crippen LogP) is 2.03. The minimum atomic E-state index is 0.691. The van der Waals surface area contributed by atoms with E-state index in [2.05, 4.69) is 50.1 Å². The van der Waals surface area contributed by atoms with Crippen molar-refractivity contribution in [3.8, 4) is 0 Å². The Hall–Kier alpha value is -1.11. The van der Waals surface area contributed by atoms with Crippen LogP contribution < -0.4 is 5.32 Å². The molecule has 0 amide bonds. The van der Waals surface area contributed by atoms with Crippen molar-refractivity contribution in [1.29, 1.82) is 0 Å². The van der Waals surface area contributed by atoms with Crippen molar-refractivity contribution in [2.75, 3.05) is 5.32 Å². The normalized spacial score (nSPS) is 10.3. The van der Waals surface area contributed by atoms with Gasteiger partial charge in [0.25, 0.3) is 0 Å². The lowest BCUT2D eigenvalue weighted by Gasteiger charge is -2.05. The van der Waals surface area contributed by atoms with Crippen molar-refractivity contribution in [1.82, 2.24) is 14.8 Å². The molecule has 1 heterocycles. The summed E-state index contributed by atoms with van der Waals surface area (Å²) in [6.07, 6.45) is 1.56. The zero-order valence-corrected chi connectivity index (χ0v) is 10.5. The number of halogens is 1. The van der Waals surface area contributed by atoms with E-state index in [1.807, 2.05) is 19.2 Å². The first-order chi connectivity index (χ1) is 7.25. The molecule has 0 spiro atoms. The van der Waals surface area contributed by atoms with Gasteiger partial charge >= 0.3 is 0 Å². The molecule has 2 aromatic rings. The highest BCUT2D eigenvalue weighted by atomic mass is 127. The number of aryl methyl sites for hydroxylation is 1. The highest BCUT2D eigenvalue weighted by Gasteiger charge is 1.99. The molecule has 0 saturated heterocycles. The van der Waals surface area contributed by atoms with Crippen molar-refractivity contribution >= 4 is 28.3 Å². The summed E-state index contributed by atoms with van der Waals surface area (Å²) in [5, 5.41) is 7.31. The highest BCUT2D eigenvalue weighted by Crippen LogP contribution is 2.12. The average molecular weight is 314 g/mol. The van der Waals surface area contributed by atoms with E-state index in [4.69, 9.17) is 0 Å². The molecule has 0 bridgehead atoms. The van der Waals surface area contributed by atoms with E-state index in [0.717, 1.165) is 11.5 Å². The van der Waals surface area contributed by atoms with E-state index in [1.165, 1.54) is 3.57 Å². The second kappa shape index (κ2) is 4.61. The highest BCUT2D eigenvalue weighted by molar-refractivity contribution is 14.1. The van der Waals surface area contributed by atoms with Gasteiger partial charge in [0.1, 0.15) is 12.2 Å². The molecule has 0 unspecified atom stereocenters. The predicted molar refractivity (Wildman–Crippen MR) is 67.5 cm³/mol. The Balaban J connectivity index is 2.02. The van der Waals surface area contributed by atoms with Gasteiger partial charge in [-0.2, -0.15) is 5.10 Å². The van der Waals surface area contributed by atoms with Crippen LogP contribution in [0.25, 0.3) is 0 Å². The third-order valence-corrected chi connectivity index (χ3v) is 2.75. The summed E-state index contributed by atoms with van der Waals surface area (Å²) in [4.78, 5) is 4.14. The molecule has 1 aromatic heterocycles. The molecular weight excluding hydrogens is 303 g/mol. The van der Waals surface area contributed by atoms with Gasteiger partial charge in [-0.3, -0.25) is 4.68 Å². The minimum absolute atomic E-state index is 0.691. The fourth-order valence-corrected chi connectivity index (χ4v) is 1.80. The molecule has 2 rings (SSSR count). The second-order valence-electron chi connectivity index (χ2n) is 3.16. The van der Waals surface area contributed by atoms with Gasteiger partial charge in [0, 0.05) is 16.3 Å². The van der Waals surface area contributed by atoms with E-state index in [9.17, 15) is 0 Å². The summed E-state index contributed by atoms with van der Waals surface area (Å²) in [6, 6.07) is 8.23. The molecule has 0 aliphatic heterocycles. The Morgan fingerprint density at radius 2 is 2.33 bits per heavy atom. The largest absolute Gasteiger partial charge is 0.378 e. The first-order valence-electron chi connectivity index (χ1n) is 4.58. The van der Waals surface area contributed by atoms with Crippen LogP contribution in [0.5, 0.6) is 0 Å². The zero-order chi connectivity index (χ0) is 10.7. The summed E-state index contributed by atoms with van der Waals surface area (Å²) < 4.78 is 2.98. The molecule has 4 nitrogen and oxygen atoms in total. The standard InChI is InChI=1S/C10H11IN4/c1-15-10(13-7-14-15)6-12-9-4-2-3-8(11)5-9/h2-5,7,12H,6H2,1H3. The van der Waals surface area contributed by atoms with Crippen LogP contribution in [0.4, 0.5) is 5.69 Å². The maximum Gasteiger partial charge on any atom is 0.145 e. The number of hydrogen-bond acceptors (Lipinski definition) is 3. The van der Waals surface area contributed by atoms with E-state index in [1.54, 1.807) is 11.0 Å². The smallest absolute Gasteiger partial charge is 0.145 e. The molecular formula is C10H11IN4. The Morgan fingerprint density at radius 3 is 3.00 bits per heavy atom. The number of aromatic nitrogens is 3. The molecule has 0 aliphatic rings. The molecule has 1 aromatic carbocycles. The van der Waals surface area contributed by atoms with E-state index < -0.39 is 0 Å². The van der Waals surface area contributed by atoms with E-state index in [0.29, 0.717) is 6.54 Å². The van der Waals surface area contributed by atoms with E-state index in [-0.39, 0.29) is 0 Å². The minimum Gasteiger partial charge on any atom is -0.378 e. The number of nitrogens with one attached hydrogen (secondary N) is 1. The first kappa shape index (κ1) is 10.4. The number of rotatable bonds is 3. The number of benzene rings is 1. The molecule has 5 heteroatoms.